The van der Waals surface area contributed by atoms with Crippen LogP contribution in [0.5, 0.6) is 0 Å². The molecule has 3 nitrogen and oxygen atoms in total. The fourth-order valence-electron chi connectivity index (χ4n) is 2.59. The normalized spacial score (nSPS) is 17.0. The average molecular weight is 405 g/mol. The standard InChI is InChI=1S/C16H24FN3.HI/c1-12-8-9-13(10-15(12)17)11-19-16(18)20-14-6-4-2-3-5-7-14;/h8-10,14H,2-7,11H2,1H3,(H3,18,19,20);1H. The molecule has 0 unspecified atom stereocenters. The van der Waals surface area contributed by atoms with E-state index < -0.39 is 0 Å². The quantitative estimate of drug-likeness (QED) is 0.347. The van der Waals surface area contributed by atoms with Gasteiger partial charge in [-0.05, 0) is 37.0 Å². The van der Waals surface area contributed by atoms with Crippen LogP contribution in [0.3, 0.4) is 0 Å². The summed E-state index contributed by atoms with van der Waals surface area (Å²) in [5.74, 6) is 0.283. The van der Waals surface area contributed by atoms with Gasteiger partial charge in [-0.3, -0.25) is 0 Å². The van der Waals surface area contributed by atoms with E-state index in [2.05, 4.69) is 10.3 Å². The molecule has 0 bridgehead atoms. The van der Waals surface area contributed by atoms with Crippen LogP contribution in [-0.2, 0) is 6.54 Å². The third-order valence-corrected chi connectivity index (χ3v) is 3.88. The Hall–Kier alpha value is -0.850. The van der Waals surface area contributed by atoms with E-state index in [0.29, 0.717) is 24.1 Å². The van der Waals surface area contributed by atoms with E-state index in [4.69, 9.17) is 5.73 Å². The Balaban J connectivity index is 0.00000220. The maximum absolute atomic E-state index is 13.4. The lowest BCUT2D eigenvalue weighted by atomic mass is 10.1. The van der Waals surface area contributed by atoms with Gasteiger partial charge in [0, 0.05) is 6.04 Å². The van der Waals surface area contributed by atoms with Crippen molar-refractivity contribution in [3.05, 3.63) is 35.1 Å². The van der Waals surface area contributed by atoms with Gasteiger partial charge in [0.25, 0.3) is 0 Å². The Kier molecular flexibility index (Phi) is 8.00. The first-order valence-electron chi connectivity index (χ1n) is 7.46. The van der Waals surface area contributed by atoms with Gasteiger partial charge in [0.15, 0.2) is 5.96 Å². The second-order valence-corrected chi connectivity index (χ2v) is 5.62. The average Bonchev–Trinajstić information content (AvgIpc) is 2.69. The number of nitrogens with zero attached hydrogens (tertiary/aromatic N) is 1. The molecule has 3 N–H and O–H groups in total. The highest BCUT2D eigenvalue weighted by molar-refractivity contribution is 14.0. The highest BCUT2D eigenvalue weighted by atomic mass is 127. The van der Waals surface area contributed by atoms with Crippen LogP contribution in [0.15, 0.2) is 23.2 Å². The largest absolute Gasteiger partial charge is 0.370 e. The molecule has 1 aliphatic rings. The fraction of sp³-hybridized carbons (Fsp3) is 0.562. The van der Waals surface area contributed by atoms with Crippen molar-refractivity contribution < 1.29 is 4.39 Å². The lowest BCUT2D eigenvalue weighted by molar-refractivity contribution is 0.530. The second-order valence-electron chi connectivity index (χ2n) is 5.62. The van der Waals surface area contributed by atoms with Gasteiger partial charge in [0.05, 0.1) is 6.54 Å². The summed E-state index contributed by atoms with van der Waals surface area (Å²) in [5.41, 5.74) is 7.42. The van der Waals surface area contributed by atoms with Crippen molar-refractivity contribution >= 4 is 29.9 Å². The molecule has 0 radical (unpaired) electrons. The Labute approximate surface area is 143 Å². The van der Waals surface area contributed by atoms with E-state index in [1.54, 1.807) is 13.0 Å². The van der Waals surface area contributed by atoms with E-state index in [9.17, 15) is 4.39 Å². The molecule has 0 heterocycles. The van der Waals surface area contributed by atoms with Crippen molar-refractivity contribution in [2.75, 3.05) is 0 Å². The van der Waals surface area contributed by atoms with Crippen LogP contribution < -0.4 is 11.1 Å². The third-order valence-electron chi connectivity index (χ3n) is 3.88. The van der Waals surface area contributed by atoms with E-state index in [1.165, 1.54) is 31.7 Å². The van der Waals surface area contributed by atoms with Crippen molar-refractivity contribution in [1.29, 1.82) is 0 Å². The number of nitrogens with two attached hydrogens (primary N) is 1. The van der Waals surface area contributed by atoms with Gasteiger partial charge in [0.2, 0.25) is 0 Å². The first-order valence-corrected chi connectivity index (χ1v) is 7.46. The molecule has 0 aliphatic heterocycles. The maximum atomic E-state index is 13.4. The lowest BCUT2D eigenvalue weighted by Crippen LogP contribution is -2.39. The summed E-state index contributed by atoms with van der Waals surface area (Å²) in [4.78, 5) is 4.31. The number of hydrogen-bond acceptors (Lipinski definition) is 1. The zero-order chi connectivity index (χ0) is 14.4. The topological polar surface area (TPSA) is 50.4 Å². The van der Waals surface area contributed by atoms with Crippen LogP contribution in [0, 0.1) is 12.7 Å². The van der Waals surface area contributed by atoms with Gasteiger partial charge in [-0.15, -0.1) is 24.0 Å². The Morgan fingerprint density at radius 3 is 2.57 bits per heavy atom. The number of nitrogens with one attached hydrogen (secondary N) is 1. The summed E-state index contributed by atoms with van der Waals surface area (Å²) in [6.07, 6.45) is 7.47. The highest BCUT2D eigenvalue weighted by Gasteiger charge is 2.12. The second kappa shape index (κ2) is 9.23. The molecular formula is C16H25FIN3. The molecule has 2 rings (SSSR count). The number of aryl methyl sites for hydroxylation is 1. The first kappa shape index (κ1) is 18.2. The molecule has 1 aromatic carbocycles. The predicted octanol–water partition coefficient (Wildman–Crippen LogP) is 3.88. The molecule has 1 aliphatic carbocycles. The SMILES string of the molecule is Cc1ccc(CN=C(N)NC2CCCCCC2)cc1F.I. The van der Waals surface area contributed by atoms with Crippen LogP contribution in [0.4, 0.5) is 4.39 Å². The zero-order valence-electron chi connectivity index (χ0n) is 12.6. The minimum absolute atomic E-state index is 0. The summed E-state index contributed by atoms with van der Waals surface area (Å²) < 4.78 is 13.4. The van der Waals surface area contributed by atoms with Crippen molar-refractivity contribution in [3.8, 4) is 0 Å². The van der Waals surface area contributed by atoms with Gasteiger partial charge in [0.1, 0.15) is 5.82 Å². The van der Waals surface area contributed by atoms with Gasteiger partial charge < -0.3 is 11.1 Å². The van der Waals surface area contributed by atoms with Crippen molar-refractivity contribution in [2.24, 2.45) is 10.7 Å². The molecule has 118 valence electrons. The molecule has 1 fully saturated rings. The predicted molar refractivity (Wildman–Crippen MR) is 96.5 cm³/mol. The van der Waals surface area contributed by atoms with Gasteiger partial charge >= 0.3 is 0 Å². The summed E-state index contributed by atoms with van der Waals surface area (Å²) in [6.45, 7) is 2.17. The molecule has 0 saturated heterocycles. The third kappa shape index (κ3) is 6.20. The smallest absolute Gasteiger partial charge is 0.189 e. The van der Waals surface area contributed by atoms with E-state index in [0.717, 1.165) is 18.4 Å². The molecule has 1 aromatic rings. The molecule has 0 aromatic heterocycles. The molecule has 0 spiro atoms. The first-order chi connectivity index (χ1) is 9.65. The highest BCUT2D eigenvalue weighted by Crippen LogP contribution is 2.17. The Bertz CT molecular complexity index is 469. The van der Waals surface area contributed by atoms with Crippen molar-refractivity contribution in [2.45, 2.75) is 58.0 Å². The number of halogens is 2. The summed E-state index contributed by atoms with van der Waals surface area (Å²) >= 11 is 0. The Morgan fingerprint density at radius 2 is 1.95 bits per heavy atom. The van der Waals surface area contributed by atoms with E-state index in [-0.39, 0.29) is 29.8 Å². The monoisotopic (exact) mass is 405 g/mol. The van der Waals surface area contributed by atoms with Crippen LogP contribution >= 0.6 is 24.0 Å². The number of aliphatic imine (C=N–C) groups is 1. The number of hydrogen-bond donors (Lipinski definition) is 2. The minimum atomic E-state index is -0.187. The van der Waals surface area contributed by atoms with Crippen LogP contribution in [0.25, 0.3) is 0 Å². The minimum Gasteiger partial charge on any atom is -0.370 e. The fourth-order valence-corrected chi connectivity index (χ4v) is 2.59. The zero-order valence-corrected chi connectivity index (χ0v) is 14.9. The number of benzene rings is 1. The summed E-state index contributed by atoms with van der Waals surface area (Å²) in [7, 11) is 0. The molecular weight excluding hydrogens is 380 g/mol. The van der Waals surface area contributed by atoms with E-state index in [1.807, 2.05) is 6.07 Å². The van der Waals surface area contributed by atoms with Crippen LogP contribution in [0.2, 0.25) is 0 Å². The van der Waals surface area contributed by atoms with Gasteiger partial charge in [-0.1, -0.05) is 37.8 Å². The number of rotatable bonds is 3. The van der Waals surface area contributed by atoms with Crippen LogP contribution in [0.1, 0.15) is 49.7 Å². The molecule has 21 heavy (non-hydrogen) atoms. The molecule has 0 atom stereocenters. The molecule has 5 heteroatoms. The van der Waals surface area contributed by atoms with Gasteiger partial charge in [-0.2, -0.15) is 0 Å². The van der Waals surface area contributed by atoms with E-state index >= 15 is 0 Å². The maximum Gasteiger partial charge on any atom is 0.189 e. The Morgan fingerprint density at radius 1 is 1.29 bits per heavy atom. The van der Waals surface area contributed by atoms with Crippen LogP contribution in [-0.4, -0.2) is 12.0 Å². The van der Waals surface area contributed by atoms with Gasteiger partial charge in [-0.25, -0.2) is 9.38 Å². The summed E-state index contributed by atoms with van der Waals surface area (Å²) in [5, 5.41) is 3.29. The van der Waals surface area contributed by atoms with Crippen molar-refractivity contribution in [3.63, 3.8) is 0 Å². The van der Waals surface area contributed by atoms with Crippen molar-refractivity contribution in [1.82, 2.24) is 5.32 Å². The molecule has 0 amide bonds. The summed E-state index contributed by atoms with van der Waals surface area (Å²) in [6, 6.07) is 5.63. The lowest BCUT2D eigenvalue weighted by Gasteiger charge is -2.16. The molecule has 1 saturated carbocycles. The number of guanidine groups is 1.